The molecule has 22 heavy (non-hydrogen) atoms. The van der Waals surface area contributed by atoms with E-state index in [-0.39, 0.29) is 18.0 Å². The Bertz CT molecular complexity index is 856. The van der Waals surface area contributed by atoms with E-state index in [2.05, 4.69) is 20.5 Å². The van der Waals surface area contributed by atoms with Gasteiger partial charge in [-0.1, -0.05) is 12.1 Å². The lowest BCUT2D eigenvalue weighted by atomic mass is 10.1. The summed E-state index contributed by atoms with van der Waals surface area (Å²) in [6.07, 6.45) is 3.36. The number of primary amides is 1. The van der Waals surface area contributed by atoms with E-state index in [1.807, 2.05) is 18.2 Å². The topological polar surface area (TPSA) is 114 Å². The number of nitrogens with two attached hydrogens (primary N) is 1. The molecule has 7 nitrogen and oxygen atoms in total. The summed E-state index contributed by atoms with van der Waals surface area (Å²) in [5.74, 6) is -0.832. The zero-order chi connectivity index (χ0) is 15.5. The first-order valence-electron chi connectivity index (χ1n) is 6.59. The summed E-state index contributed by atoms with van der Waals surface area (Å²) < 4.78 is 0. The van der Waals surface area contributed by atoms with Crippen LogP contribution in [-0.2, 0) is 11.2 Å². The number of H-pyrrole nitrogens is 1. The molecule has 0 saturated carbocycles. The van der Waals surface area contributed by atoms with Crippen LogP contribution >= 0.6 is 0 Å². The Balaban J connectivity index is 1.71. The second-order valence-electron chi connectivity index (χ2n) is 4.81. The third-order valence-electron chi connectivity index (χ3n) is 3.17. The van der Waals surface area contributed by atoms with E-state index >= 15 is 0 Å². The van der Waals surface area contributed by atoms with Crippen LogP contribution < -0.4 is 11.1 Å². The maximum Gasteiger partial charge on any atom is 0.267 e. The number of carbonyl (C=O) groups is 2. The van der Waals surface area contributed by atoms with Gasteiger partial charge in [0.2, 0.25) is 5.91 Å². The van der Waals surface area contributed by atoms with Crippen molar-refractivity contribution in [1.29, 1.82) is 0 Å². The Morgan fingerprint density at radius 3 is 2.91 bits per heavy atom. The number of benzene rings is 1. The lowest BCUT2D eigenvalue weighted by Gasteiger charge is -2.06. The van der Waals surface area contributed by atoms with Crippen molar-refractivity contribution in [2.75, 3.05) is 5.32 Å². The van der Waals surface area contributed by atoms with Crippen molar-refractivity contribution >= 4 is 28.4 Å². The van der Waals surface area contributed by atoms with Gasteiger partial charge in [0.1, 0.15) is 5.69 Å². The molecule has 0 bridgehead atoms. The minimum Gasteiger partial charge on any atom is -0.364 e. The second-order valence-corrected chi connectivity index (χ2v) is 4.81. The van der Waals surface area contributed by atoms with Gasteiger partial charge in [-0.3, -0.25) is 19.7 Å². The molecule has 7 heteroatoms. The van der Waals surface area contributed by atoms with Crippen LogP contribution in [0.15, 0.2) is 42.7 Å². The minimum absolute atomic E-state index is 0.108. The van der Waals surface area contributed by atoms with Gasteiger partial charge in [0, 0.05) is 17.3 Å². The van der Waals surface area contributed by atoms with Gasteiger partial charge in [-0.05, 0) is 23.8 Å². The minimum atomic E-state index is -0.638. The van der Waals surface area contributed by atoms with Crippen LogP contribution in [0.1, 0.15) is 16.1 Å². The predicted molar refractivity (Wildman–Crippen MR) is 81.2 cm³/mol. The highest BCUT2D eigenvalue weighted by atomic mass is 16.2. The normalized spacial score (nSPS) is 10.5. The van der Waals surface area contributed by atoms with Crippen molar-refractivity contribution in [3.8, 4) is 0 Å². The molecule has 2 heterocycles. The van der Waals surface area contributed by atoms with Gasteiger partial charge in [-0.15, -0.1) is 0 Å². The van der Waals surface area contributed by atoms with E-state index in [4.69, 9.17) is 5.73 Å². The van der Waals surface area contributed by atoms with Crippen LogP contribution in [0.2, 0.25) is 0 Å². The monoisotopic (exact) mass is 295 g/mol. The number of aromatic nitrogens is 3. The van der Waals surface area contributed by atoms with E-state index in [0.717, 1.165) is 16.5 Å². The molecular formula is C15H13N5O2. The number of pyridine rings is 1. The molecule has 2 amide bonds. The van der Waals surface area contributed by atoms with Gasteiger partial charge < -0.3 is 11.1 Å². The summed E-state index contributed by atoms with van der Waals surface area (Å²) in [5, 5.41) is 10.5. The molecule has 0 spiro atoms. The van der Waals surface area contributed by atoms with Gasteiger partial charge >= 0.3 is 0 Å². The molecule has 4 N–H and O–H groups in total. The molecule has 0 saturated heterocycles. The number of anilines is 1. The molecule has 110 valence electrons. The fourth-order valence-corrected chi connectivity index (χ4v) is 2.13. The summed E-state index contributed by atoms with van der Waals surface area (Å²) in [4.78, 5) is 27.0. The summed E-state index contributed by atoms with van der Waals surface area (Å²) in [6.45, 7) is 0. The smallest absolute Gasteiger partial charge is 0.267 e. The number of hydrogen-bond acceptors (Lipinski definition) is 4. The summed E-state index contributed by atoms with van der Waals surface area (Å²) in [5.41, 5.74) is 7.49. The maximum atomic E-state index is 12.1. The standard InChI is InChI=1S/C15H13N5O2/c16-15(22)13-7-11(3-4-17-13)19-14(21)6-9-1-2-10-8-18-20-12(10)5-9/h1-5,7-8H,6H2,(H2,16,22)(H,18,20)(H,17,19,21). The summed E-state index contributed by atoms with van der Waals surface area (Å²) in [7, 11) is 0. The first kappa shape index (κ1) is 13.7. The Morgan fingerprint density at radius 2 is 2.09 bits per heavy atom. The van der Waals surface area contributed by atoms with Crippen LogP contribution in [-0.4, -0.2) is 27.0 Å². The molecule has 3 aromatic rings. The molecule has 0 radical (unpaired) electrons. The fraction of sp³-hybridized carbons (Fsp3) is 0.0667. The predicted octanol–water partition coefficient (Wildman–Crippen LogP) is 1.24. The molecule has 0 aliphatic heterocycles. The molecule has 0 aliphatic rings. The quantitative estimate of drug-likeness (QED) is 0.671. The largest absolute Gasteiger partial charge is 0.364 e. The molecule has 0 atom stereocenters. The van der Waals surface area contributed by atoms with E-state index in [1.54, 1.807) is 12.3 Å². The highest BCUT2D eigenvalue weighted by molar-refractivity contribution is 5.95. The molecular weight excluding hydrogens is 282 g/mol. The number of nitrogens with one attached hydrogen (secondary N) is 2. The number of fused-ring (bicyclic) bond motifs is 1. The van der Waals surface area contributed by atoms with Crippen molar-refractivity contribution in [1.82, 2.24) is 15.2 Å². The van der Waals surface area contributed by atoms with Crippen LogP contribution in [0.5, 0.6) is 0 Å². The molecule has 0 aliphatic carbocycles. The first-order valence-corrected chi connectivity index (χ1v) is 6.59. The van der Waals surface area contributed by atoms with Crippen molar-refractivity contribution in [2.45, 2.75) is 6.42 Å². The van der Waals surface area contributed by atoms with Gasteiger partial charge in [-0.2, -0.15) is 5.10 Å². The van der Waals surface area contributed by atoms with E-state index in [1.165, 1.54) is 12.3 Å². The highest BCUT2D eigenvalue weighted by Gasteiger charge is 2.08. The molecule has 3 rings (SSSR count). The third kappa shape index (κ3) is 2.93. The number of amides is 2. The van der Waals surface area contributed by atoms with Gasteiger partial charge in [-0.25, -0.2) is 0 Å². The van der Waals surface area contributed by atoms with Gasteiger partial charge in [0.25, 0.3) is 5.91 Å². The van der Waals surface area contributed by atoms with Gasteiger partial charge in [0.15, 0.2) is 0 Å². The second kappa shape index (κ2) is 5.65. The van der Waals surface area contributed by atoms with Crippen molar-refractivity contribution in [3.63, 3.8) is 0 Å². The number of aromatic amines is 1. The summed E-state index contributed by atoms with van der Waals surface area (Å²) >= 11 is 0. The Hall–Kier alpha value is -3.22. The Morgan fingerprint density at radius 1 is 1.23 bits per heavy atom. The van der Waals surface area contributed by atoms with Crippen LogP contribution in [0.3, 0.4) is 0 Å². The molecule has 0 fully saturated rings. The molecule has 0 unspecified atom stereocenters. The average molecular weight is 295 g/mol. The van der Waals surface area contributed by atoms with Gasteiger partial charge in [0.05, 0.1) is 18.1 Å². The van der Waals surface area contributed by atoms with Crippen LogP contribution in [0.4, 0.5) is 5.69 Å². The first-order chi connectivity index (χ1) is 10.6. The highest BCUT2D eigenvalue weighted by Crippen LogP contribution is 2.14. The number of nitrogens with zero attached hydrogens (tertiary/aromatic N) is 2. The fourth-order valence-electron chi connectivity index (χ4n) is 2.13. The molecule has 2 aromatic heterocycles. The Kier molecular flexibility index (Phi) is 3.53. The van der Waals surface area contributed by atoms with E-state index < -0.39 is 5.91 Å². The SMILES string of the molecule is NC(=O)c1cc(NC(=O)Cc2ccc3cn[nH]c3c2)ccn1. The average Bonchev–Trinajstić information content (AvgIpc) is 2.95. The lowest BCUT2D eigenvalue weighted by molar-refractivity contribution is -0.115. The third-order valence-corrected chi connectivity index (χ3v) is 3.17. The number of carbonyl (C=O) groups excluding carboxylic acids is 2. The maximum absolute atomic E-state index is 12.1. The van der Waals surface area contributed by atoms with E-state index in [0.29, 0.717) is 5.69 Å². The summed E-state index contributed by atoms with van der Waals surface area (Å²) in [6, 6.07) is 8.70. The number of rotatable bonds is 4. The van der Waals surface area contributed by atoms with Crippen molar-refractivity contribution in [3.05, 3.63) is 54.0 Å². The molecule has 1 aromatic carbocycles. The van der Waals surface area contributed by atoms with Crippen LogP contribution in [0.25, 0.3) is 10.9 Å². The Labute approximate surface area is 125 Å². The van der Waals surface area contributed by atoms with Crippen LogP contribution in [0, 0.1) is 0 Å². The lowest BCUT2D eigenvalue weighted by Crippen LogP contribution is -2.17. The van der Waals surface area contributed by atoms with Crippen molar-refractivity contribution < 1.29 is 9.59 Å². The number of hydrogen-bond donors (Lipinski definition) is 3. The zero-order valence-corrected chi connectivity index (χ0v) is 11.5. The zero-order valence-electron chi connectivity index (χ0n) is 11.5. The van der Waals surface area contributed by atoms with Crippen molar-refractivity contribution in [2.24, 2.45) is 5.73 Å². The van der Waals surface area contributed by atoms with E-state index in [9.17, 15) is 9.59 Å².